The second kappa shape index (κ2) is 4.99. The zero-order valence-corrected chi connectivity index (χ0v) is 9.87. The fourth-order valence-corrected chi connectivity index (χ4v) is 2.24. The molecule has 0 saturated heterocycles. The third-order valence-electron chi connectivity index (χ3n) is 2.18. The van der Waals surface area contributed by atoms with E-state index in [1.807, 2.05) is 12.1 Å². The molecule has 2 rings (SSSR count). The number of anilines is 1. The quantitative estimate of drug-likeness (QED) is 0.825. The summed E-state index contributed by atoms with van der Waals surface area (Å²) in [5.41, 5.74) is 6.87. The molecule has 1 heterocycles. The Hall–Kier alpha value is -1.55. The lowest BCUT2D eigenvalue weighted by Gasteiger charge is -2.04. The Kier molecular flexibility index (Phi) is 3.41. The van der Waals surface area contributed by atoms with Crippen LogP contribution in [-0.2, 0) is 5.75 Å². The molecule has 0 fully saturated rings. The number of thioether (sulfide) groups is 1. The van der Waals surface area contributed by atoms with Crippen LogP contribution in [0, 0.1) is 6.92 Å². The maximum Gasteiger partial charge on any atom is 0.140 e. The van der Waals surface area contributed by atoms with E-state index in [2.05, 4.69) is 29.0 Å². The molecule has 0 aliphatic rings. The number of benzene rings is 1. The monoisotopic (exact) mass is 231 g/mol. The molecule has 16 heavy (non-hydrogen) atoms. The number of hydrogen-bond donors (Lipinski definition) is 1. The van der Waals surface area contributed by atoms with Crippen molar-refractivity contribution in [2.24, 2.45) is 0 Å². The third-order valence-corrected chi connectivity index (χ3v) is 3.35. The van der Waals surface area contributed by atoms with Crippen molar-refractivity contribution in [3.8, 4) is 0 Å². The van der Waals surface area contributed by atoms with Crippen molar-refractivity contribution in [3.05, 3.63) is 47.9 Å². The van der Waals surface area contributed by atoms with Gasteiger partial charge in [-0.15, -0.1) is 11.8 Å². The summed E-state index contributed by atoms with van der Waals surface area (Å²) in [5, 5.41) is 0. The summed E-state index contributed by atoms with van der Waals surface area (Å²) in [7, 11) is 0. The highest BCUT2D eigenvalue weighted by atomic mass is 32.2. The Morgan fingerprint density at radius 2 is 2.06 bits per heavy atom. The van der Waals surface area contributed by atoms with Crippen molar-refractivity contribution in [1.29, 1.82) is 0 Å². The number of nitrogens with zero attached hydrogens (tertiary/aromatic N) is 2. The van der Waals surface area contributed by atoms with Gasteiger partial charge in [0.2, 0.25) is 0 Å². The standard InChI is InChI=1S/C12H13N3S/c1-9-4-2-3-5-10(9)16-8-12-14-7-6-11(13)15-12/h2-7H,8H2,1H3,(H2,13,14,15). The molecule has 4 heteroatoms. The Balaban J connectivity index is 2.05. The van der Waals surface area contributed by atoms with Crippen LogP contribution in [0.1, 0.15) is 11.4 Å². The lowest BCUT2D eigenvalue weighted by molar-refractivity contribution is 1.04. The average Bonchev–Trinajstić information content (AvgIpc) is 2.28. The summed E-state index contributed by atoms with van der Waals surface area (Å²) in [6, 6.07) is 9.97. The molecule has 0 atom stereocenters. The first-order valence-corrected chi connectivity index (χ1v) is 6.00. The van der Waals surface area contributed by atoms with Gasteiger partial charge in [-0.1, -0.05) is 18.2 Å². The van der Waals surface area contributed by atoms with E-state index in [0.29, 0.717) is 5.82 Å². The van der Waals surface area contributed by atoms with Gasteiger partial charge in [-0.2, -0.15) is 0 Å². The maximum absolute atomic E-state index is 5.60. The molecule has 2 N–H and O–H groups in total. The Morgan fingerprint density at radius 3 is 2.81 bits per heavy atom. The zero-order valence-electron chi connectivity index (χ0n) is 9.05. The lowest BCUT2D eigenvalue weighted by atomic mass is 10.2. The minimum Gasteiger partial charge on any atom is -0.384 e. The van der Waals surface area contributed by atoms with Crippen molar-refractivity contribution in [2.45, 2.75) is 17.6 Å². The van der Waals surface area contributed by atoms with Gasteiger partial charge in [-0.3, -0.25) is 0 Å². The number of hydrogen-bond acceptors (Lipinski definition) is 4. The molecule has 1 aromatic heterocycles. The summed E-state index contributed by atoms with van der Waals surface area (Å²) in [5.74, 6) is 2.04. The van der Waals surface area contributed by atoms with Crippen molar-refractivity contribution in [1.82, 2.24) is 9.97 Å². The second-order valence-electron chi connectivity index (χ2n) is 3.45. The molecule has 0 radical (unpaired) electrons. The van der Waals surface area contributed by atoms with Gasteiger partial charge in [0.25, 0.3) is 0 Å². The number of rotatable bonds is 3. The molecule has 3 nitrogen and oxygen atoms in total. The smallest absolute Gasteiger partial charge is 0.140 e. The molecule has 0 aliphatic heterocycles. The van der Waals surface area contributed by atoms with Crippen LogP contribution in [0.5, 0.6) is 0 Å². The molecule has 0 spiro atoms. The molecular formula is C12H13N3S. The van der Waals surface area contributed by atoms with Crippen molar-refractivity contribution in [2.75, 3.05) is 5.73 Å². The number of nitrogen functional groups attached to an aromatic ring is 1. The summed E-state index contributed by atoms with van der Waals surface area (Å²) in [6.45, 7) is 2.10. The summed E-state index contributed by atoms with van der Waals surface area (Å²) >= 11 is 1.73. The largest absolute Gasteiger partial charge is 0.384 e. The predicted molar refractivity (Wildman–Crippen MR) is 67.2 cm³/mol. The zero-order chi connectivity index (χ0) is 11.4. The van der Waals surface area contributed by atoms with Crippen molar-refractivity contribution < 1.29 is 0 Å². The van der Waals surface area contributed by atoms with Gasteiger partial charge in [0.15, 0.2) is 0 Å². The Bertz CT molecular complexity index is 485. The van der Waals surface area contributed by atoms with E-state index < -0.39 is 0 Å². The summed E-state index contributed by atoms with van der Waals surface area (Å²) in [6.07, 6.45) is 1.69. The number of nitrogens with two attached hydrogens (primary N) is 1. The normalized spacial score (nSPS) is 10.3. The highest BCUT2D eigenvalue weighted by Crippen LogP contribution is 2.24. The molecule has 0 bridgehead atoms. The first-order chi connectivity index (χ1) is 7.75. The highest BCUT2D eigenvalue weighted by molar-refractivity contribution is 7.98. The molecule has 0 amide bonds. The third kappa shape index (κ3) is 2.73. The second-order valence-corrected chi connectivity index (χ2v) is 4.47. The van der Waals surface area contributed by atoms with Gasteiger partial charge >= 0.3 is 0 Å². The van der Waals surface area contributed by atoms with Crippen molar-refractivity contribution in [3.63, 3.8) is 0 Å². The van der Waals surface area contributed by atoms with E-state index in [4.69, 9.17) is 5.73 Å². The van der Waals surface area contributed by atoms with Gasteiger partial charge in [0.05, 0.1) is 5.75 Å². The number of aromatic nitrogens is 2. The molecule has 2 aromatic rings. The topological polar surface area (TPSA) is 51.8 Å². The first kappa shape index (κ1) is 11.0. The van der Waals surface area contributed by atoms with Crippen LogP contribution in [0.3, 0.4) is 0 Å². The number of aryl methyl sites for hydroxylation is 1. The summed E-state index contributed by atoms with van der Waals surface area (Å²) < 4.78 is 0. The van der Waals surface area contributed by atoms with Crippen LogP contribution in [-0.4, -0.2) is 9.97 Å². The minimum atomic E-state index is 0.524. The van der Waals surface area contributed by atoms with Crippen LogP contribution in [0.25, 0.3) is 0 Å². The van der Waals surface area contributed by atoms with Crippen molar-refractivity contribution >= 4 is 17.6 Å². The molecule has 1 aromatic carbocycles. The molecule has 0 unspecified atom stereocenters. The van der Waals surface area contributed by atoms with Gasteiger partial charge in [0, 0.05) is 11.1 Å². The molecule has 82 valence electrons. The SMILES string of the molecule is Cc1ccccc1SCc1nccc(N)n1. The van der Waals surface area contributed by atoms with Crippen LogP contribution >= 0.6 is 11.8 Å². The fourth-order valence-electron chi connectivity index (χ4n) is 1.35. The minimum absolute atomic E-state index is 0.524. The summed E-state index contributed by atoms with van der Waals surface area (Å²) in [4.78, 5) is 9.59. The van der Waals surface area contributed by atoms with Gasteiger partial charge in [0.1, 0.15) is 11.6 Å². The molecule has 0 saturated carbocycles. The molecule has 0 aliphatic carbocycles. The van der Waals surface area contributed by atoms with E-state index in [9.17, 15) is 0 Å². The van der Waals surface area contributed by atoms with Crippen LogP contribution < -0.4 is 5.73 Å². The Morgan fingerprint density at radius 1 is 1.25 bits per heavy atom. The van der Waals surface area contributed by atoms with Gasteiger partial charge in [-0.25, -0.2) is 9.97 Å². The van der Waals surface area contributed by atoms with Crippen LogP contribution in [0.15, 0.2) is 41.4 Å². The predicted octanol–water partition coefficient (Wildman–Crippen LogP) is 2.66. The van der Waals surface area contributed by atoms with Gasteiger partial charge in [-0.05, 0) is 24.6 Å². The highest BCUT2D eigenvalue weighted by Gasteiger charge is 2.01. The van der Waals surface area contributed by atoms with E-state index in [1.54, 1.807) is 24.0 Å². The van der Waals surface area contributed by atoms with E-state index in [-0.39, 0.29) is 0 Å². The van der Waals surface area contributed by atoms with Crippen LogP contribution in [0.4, 0.5) is 5.82 Å². The van der Waals surface area contributed by atoms with E-state index >= 15 is 0 Å². The maximum atomic E-state index is 5.60. The van der Waals surface area contributed by atoms with Gasteiger partial charge < -0.3 is 5.73 Å². The van der Waals surface area contributed by atoms with E-state index in [0.717, 1.165) is 11.6 Å². The first-order valence-electron chi connectivity index (χ1n) is 5.01. The lowest BCUT2D eigenvalue weighted by Crippen LogP contribution is -1.96. The van der Waals surface area contributed by atoms with Crippen LogP contribution in [0.2, 0.25) is 0 Å². The van der Waals surface area contributed by atoms with E-state index in [1.165, 1.54) is 10.5 Å². The molecular weight excluding hydrogens is 218 g/mol. The Labute approximate surface area is 99.1 Å². The fraction of sp³-hybridized carbons (Fsp3) is 0.167. The average molecular weight is 231 g/mol.